The van der Waals surface area contributed by atoms with Gasteiger partial charge in [0.25, 0.3) is 0 Å². The molecular formula is C26H35NO2. The molecule has 1 atom stereocenters. The maximum atomic E-state index is 13.1. The quantitative estimate of drug-likeness (QED) is 0.500. The van der Waals surface area contributed by atoms with Crippen molar-refractivity contribution in [2.24, 2.45) is 0 Å². The topological polar surface area (TPSA) is 29.5 Å². The second kappa shape index (κ2) is 10.6. The van der Waals surface area contributed by atoms with Crippen LogP contribution in [0.3, 0.4) is 0 Å². The molecule has 1 aliphatic rings. The molecule has 156 valence electrons. The lowest BCUT2D eigenvalue weighted by molar-refractivity contribution is 0.0980. The Labute approximate surface area is 176 Å². The highest BCUT2D eigenvalue weighted by Gasteiger charge is 2.26. The van der Waals surface area contributed by atoms with E-state index in [1.807, 2.05) is 18.2 Å². The third kappa shape index (κ3) is 5.48. The Morgan fingerprint density at radius 3 is 2.45 bits per heavy atom. The van der Waals surface area contributed by atoms with Gasteiger partial charge in [0.15, 0.2) is 5.78 Å². The highest BCUT2D eigenvalue weighted by molar-refractivity contribution is 5.98. The predicted molar refractivity (Wildman–Crippen MR) is 120 cm³/mol. The molecule has 0 N–H and O–H groups in total. The lowest BCUT2D eigenvalue weighted by Gasteiger charge is -2.35. The summed E-state index contributed by atoms with van der Waals surface area (Å²) < 4.78 is 5.22. The molecule has 0 spiro atoms. The number of fused-ring (bicyclic) bond motifs is 1. The molecule has 3 nitrogen and oxygen atoms in total. The van der Waals surface area contributed by atoms with Crippen molar-refractivity contribution in [3.63, 3.8) is 0 Å². The molecule has 0 amide bonds. The van der Waals surface area contributed by atoms with Crippen LogP contribution in [0.15, 0.2) is 42.5 Å². The number of methoxy groups -OCH3 is 1. The summed E-state index contributed by atoms with van der Waals surface area (Å²) in [6, 6.07) is 14.9. The van der Waals surface area contributed by atoms with Crippen molar-refractivity contribution >= 4 is 5.78 Å². The minimum atomic E-state index is 0.274. The number of hydrogen-bond acceptors (Lipinski definition) is 3. The zero-order valence-corrected chi connectivity index (χ0v) is 18.2. The van der Waals surface area contributed by atoms with E-state index in [4.69, 9.17) is 4.74 Å². The second-order valence-electron chi connectivity index (χ2n) is 8.15. The lowest BCUT2D eigenvalue weighted by atomic mass is 9.83. The van der Waals surface area contributed by atoms with E-state index < -0.39 is 0 Å². The molecule has 0 radical (unpaired) electrons. The Bertz CT molecular complexity index is 791. The SMILES string of the molecule is CCCN(CCC)C1CCc2cccc(C(=O)CCc3ccc(OC)cc3)c2C1. The number of nitrogens with zero attached hydrogens (tertiary/aromatic N) is 1. The van der Waals surface area contributed by atoms with Crippen molar-refractivity contribution in [2.75, 3.05) is 20.2 Å². The Kier molecular flexibility index (Phi) is 7.88. The number of ketones is 1. The van der Waals surface area contributed by atoms with Crippen LogP contribution in [0.4, 0.5) is 0 Å². The molecule has 2 aromatic carbocycles. The minimum Gasteiger partial charge on any atom is -0.497 e. The number of benzene rings is 2. The first-order valence-electron chi connectivity index (χ1n) is 11.2. The molecule has 29 heavy (non-hydrogen) atoms. The lowest BCUT2D eigenvalue weighted by Crippen LogP contribution is -2.40. The average Bonchev–Trinajstić information content (AvgIpc) is 2.77. The zero-order valence-electron chi connectivity index (χ0n) is 18.2. The number of rotatable bonds is 10. The molecule has 0 bridgehead atoms. The van der Waals surface area contributed by atoms with E-state index in [0.29, 0.717) is 12.5 Å². The summed E-state index contributed by atoms with van der Waals surface area (Å²) in [4.78, 5) is 15.7. The van der Waals surface area contributed by atoms with Gasteiger partial charge in [0.05, 0.1) is 7.11 Å². The summed E-state index contributed by atoms with van der Waals surface area (Å²) in [7, 11) is 1.67. The van der Waals surface area contributed by atoms with Gasteiger partial charge in [-0.1, -0.05) is 44.2 Å². The van der Waals surface area contributed by atoms with Gasteiger partial charge >= 0.3 is 0 Å². The third-order valence-corrected chi connectivity index (χ3v) is 6.10. The van der Waals surface area contributed by atoms with E-state index in [1.165, 1.54) is 36.0 Å². The van der Waals surface area contributed by atoms with E-state index >= 15 is 0 Å². The van der Waals surface area contributed by atoms with Gasteiger partial charge in [-0.3, -0.25) is 4.79 Å². The molecule has 0 fully saturated rings. The first-order valence-corrected chi connectivity index (χ1v) is 11.2. The Morgan fingerprint density at radius 2 is 1.79 bits per heavy atom. The maximum absolute atomic E-state index is 13.1. The standard InChI is InChI=1S/C26H35NO2/c1-4-17-27(18-5-2)22-13-12-21-7-6-8-24(25(21)19-22)26(28)16-11-20-9-14-23(29-3)15-10-20/h6-10,14-15,22H,4-5,11-13,16-19H2,1-3H3. The molecule has 0 saturated heterocycles. The van der Waals surface area contributed by atoms with Gasteiger partial charge in [0.2, 0.25) is 0 Å². The Morgan fingerprint density at radius 1 is 1.07 bits per heavy atom. The van der Waals surface area contributed by atoms with Crippen LogP contribution in [-0.4, -0.2) is 36.9 Å². The Balaban J connectivity index is 1.71. The summed E-state index contributed by atoms with van der Waals surface area (Å²) >= 11 is 0. The van der Waals surface area contributed by atoms with Crippen molar-refractivity contribution in [2.45, 2.75) is 64.8 Å². The molecular weight excluding hydrogens is 358 g/mol. The summed E-state index contributed by atoms with van der Waals surface area (Å²) in [5, 5.41) is 0. The molecule has 3 rings (SSSR count). The van der Waals surface area contributed by atoms with Crippen molar-refractivity contribution in [3.8, 4) is 5.75 Å². The maximum Gasteiger partial charge on any atom is 0.163 e. The monoisotopic (exact) mass is 393 g/mol. The molecule has 3 heteroatoms. The largest absolute Gasteiger partial charge is 0.497 e. The zero-order chi connectivity index (χ0) is 20.6. The fourth-order valence-electron chi connectivity index (χ4n) is 4.58. The fourth-order valence-corrected chi connectivity index (χ4v) is 4.58. The highest BCUT2D eigenvalue weighted by Crippen LogP contribution is 2.29. The first-order chi connectivity index (χ1) is 14.2. The van der Waals surface area contributed by atoms with Gasteiger partial charge in [-0.15, -0.1) is 0 Å². The number of ether oxygens (including phenoxy) is 1. The summed E-state index contributed by atoms with van der Waals surface area (Å²) in [6.45, 7) is 6.82. The highest BCUT2D eigenvalue weighted by atomic mass is 16.5. The smallest absolute Gasteiger partial charge is 0.163 e. The van der Waals surface area contributed by atoms with Gasteiger partial charge in [-0.05, 0) is 80.4 Å². The molecule has 0 aliphatic heterocycles. The molecule has 1 aliphatic carbocycles. The average molecular weight is 394 g/mol. The number of aryl methyl sites for hydroxylation is 2. The number of hydrogen-bond donors (Lipinski definition) is 0. The molecule has 0 saturated carbocycles. The van der Waals surface area contributed by atoms with Crippen LogP contribution >= 0.6 is 0 Å². The number of Topliss-reactive ketones (excluding diaryl/α,β-unsaturated/α-hetero) is 1. The van der Waals surface area contributed by atoms with Crippen molar-refractivity contribution in [3.05, 3.63) is 64.7 Å². The summed E-state index contributed by atoms with van der Waals surface area (Å²) in [5.74, 6) is 1.13. The van der Waals surface area contributed by atoms with Gasteiger partial charge in [0, 0.05) is 18.0 Å². The molecule has 2 aromatic rings. The summed E-state index contributed by atoms with van der Waals surface area (Å²) in [6.07, 6.45) is 7.01. The van der Waals surface area contributed by atoms with Crippen LogP contribution < -0.4 is 4.74 Å². The van der Waals surface area contributed by atoms with Gasteiger partial charge in [-0.2, -0.15) is 0 Å². The molecule has 0 heterocycles. The van der Waals surface area contributed by atoms with Crippen LogP contribution in [0.1, 0.15) is 66.6 Å². The number of carbonyl (C=O) groups excluding carboxylic acids is 1. The van der Waals surface area contributed by atoms with E-state index in [9.17, 15) is 4.79 Å². The fraction of sp³-hybridized carbons (Fsp3) is 0.500. The van der Waals surface area contributed by atoms with Crippen LogP contribution in [-0.2, 0) is 19.3 Å². The van der Waals surface area contributed by atoms with Crippen molar-refractivity contribution in [1.82, 2.24) is 4.90 Å². The Hall–Kier alpha value is -2.13. The van der Waals surface area contributed by atoms with Crippen LogP contribution in [0.25, 0.3) is 0 Å². The number of carbonyl (C=O) groups is 1. The van der Waals surface area contributed by atoms with Gasteiger partial charge < -0.3 is 9.64 Å². The summed E-state index contributed by atoms with van der Waals surface area (Å²) in [5.41, 5.74) is 4.82. The van der Waals surface area contributed by atoms with E-state index in [-0.39, 0.29) is 5.78 Å². The minimum absolute atomic E-state index is 0.274. The van der Waals surface area contributed by atoms with E-state index in [0.717, 1.165) is 43.7 Å². The normalized spacial score (nSPS) is 15.9. The molecule has 1 unspecified atom stereocenters. The van der Waals surface area contributed by atoms with Crippen molar-refractivity contribution in [1.29, 1.82) is 0 Å². The molecule has 0 aromatic heterocycles. The van der Waals surface area contributed by atoms with Crippen LogP contribution in [0.2, 0.25) is 0 Å². The van der Waals surface area contributed by atoms with Gasteiger partial charge in [-0.25, -0.2) is 0 Å². The van der Waals surface area contributed by atoms with Crippen molar-refractivity contribution < 1.29 is 9.53 Å². The van der Waals surface area contributed by atoms with E-state index in [1.54, 1.807) is 7.11 Å². The second-order valence-corrected chi connectivity index (χ2v) is 8.15. The van der Waals surface area contributed by atoms with Gasteiger partial charge in [0.1, 0.15) is 5.75 Å². The predicted octanol–water partition coefficient (Wildman–Crippen LogP) is 5.49. The third-order valence-electron chi connectivity index (χ3n) is 6.10. The van der Waals surface area contributed by atoms with E-state index in [2.05, 4.69) is 43.0 Å². The van der Waals surface area contributed by atoms with Crippen LogP contribution in [0.5, 0.6) is 5.75 Å². The first kappa shape index (κ1) is 21.6. The van der Waals surface area contributed by atoms with Crippen LogP contribution in [0, 0.1) is 0 Å².